The summed E-state index contributed by atoms with van der Waals surface area (Å²) in [7, 11) is 1.72. The average molecular weight is 272 g/mol. The SMILES string of the molecule is COCCCCCNCC(O)c1ccccc1Cl. The highest BCUT2D eigenvalue weighted by Crippen LogP contribution is 2.21. The van der Waals surface area contributed by atoms with Gasteiger partial charge >= 0.3 is 0 Å². The molecule has 0 bridgehead atoms. The first-order valence-corrected chi connectivity index (χ1v) is 6.75. The molecule has 0 saturated heterocycles. The number of unbranched alkanes of at least 4 members (excludes halogenated alkanes) is 2. The first-order chi connectivity index (χ1) is 8.75. The van der Waals surface area contributed by atoms with E-state index < -0.39 is 6.10 Å². The zero-order valence-corrected chi connectivity index (χ0v) is 11.6. The summed E-state index contributed by atoms with van der Waals surface area (Å²) >= 11 is 6.01. The largest absolute Gasteiger partial charge is 0.387 e. The van der Waals surface area contributed by atoms with Gasteiger partial charge in [-0.25, -0.2) is 0 Å². The minimum absolute atomic E-state index is 0.536. The molecule has 1 aromatic carbocycles. The molecule has 4 heteroatoms. The van der Waals surface area contributed by atoms with Crippen molar-refractivity contribution in [2.45, 2.75) is 25.4 Å². The molecule has 102 valence electrons. The molecular formula is C14H22ClNO2. The fourth-order valence-electron chi connectivity index (χ4n) is 1.77. The highest BCUT2D eigenvalue weighted by Gasteiger charge is 2.09. The molecule has 0 fully saturated rings. The molecular weight excluding hydrogens is 250 g/mol. The maximum Gasteiger partial charge on any atom is 0.0928 e. The summed E-state index contributed by atoms with van der Waals surface area (Å²) < 4.78 is 4.98. The first-order valence-electron chi connectivity index (χ1n) is 6.38. The van der Waals surface area contributed by atoms with Gasteiger partial charge in [0.05, 0.1) is 6.10 Å². The summed E-state index contributed by atoms with van der Waals surface area (Å²) in [5.41, 5.74) is 0.783. The molecule has 0 aliphatic carbocycles. The number of hydrogen-bond donors (Lipinski definition) is 2. The predicted octanol–water partition coefficient (Wildman–Crippen LogP) is 2.78. The molecule has 2 N–H and O–H groups in total. The van der Waals surface area contributed by atoms with Crippen LogP contribution in [0.5, 0.6) is 0 Å². The topological polar surface area (TPSA) is 41.5 Å². The van der Waals surface area contributed by atoms with Gasteiger partial charge in [0.25, 0.3) is 0 Å². The zero-order valence-electron chi connectivity index (χ0n) is 10.9. The molecule has 0 amide bonds. The van der Waals surface area contributed by atoms with Crippen LogP contribution in [0.2, 0.25) is 5.02 Å². The van der Waals surface area contributed by atoms with Gasteiger partial charge in [0.2, 0.25) is 0 Å². The Kier molecular flexibility index (Phi) is 8.01. The number of methoxy groups -OCH3 is 1. The Morgan fingerprint density at radius 3 is 2.78 bits per heavy atom. The monoisotopic (exact) mass is 271 g/mol. The Bertz CT molecular complexity index is 333. The van der Waals surface area contributed by atoms with Crippen LogP contribution in [0, 0.1) is 0 Å². The van der Waals surface area contributed by atoms with Gasteiger partial charge in [0, 0.05) is 30.8 Å². The summed E-state index contributed by atoms with van der Waals surface area (Å²) in [4.78, 5) is 0. The molecule has 0 aliphatic rings. The molecule has 0 radical (unpaired) electrons. The van der Waals surface area contributed by atoms with Crippen molar-refractivity contribution in [3.63, 3.8) is 0 Å². The van der Waals surface area contributed by atoms with E-state index in [1.165, 1.54) is 0 Å². The molecule has 1 unspecified atom stereocenters. The fourth-order valence-corrected chi connectivity index (χ4v) is 2.03. The van der Waals surface area contributed by atoms with Crippen LogP contribution in [0.1, 0.15) is 30.9 Å². The highest BCUT2D eigenvalue weighted by molar-refractivity contribution is 6.31. The number of nitrogens with one attached hydrogen (secondary N) is 1. The van der Waals surface area contributed by atoms with E-state index in [4.69, 9.17) is 16.3 Å². The van der Waals surface area contributed by atoms with E-state index in [1.54, 1.807) is 13.2 Å². The molecule has 1 atom stereocenters. The van der Waals surface area contributed by atoms with Crippen molar-refractivity contribution >= 4 is 11.6 Å². The van der Waals surface area contributed by atoms with Gasteiger partial charge in [-0.15, -0.1) is 0 Å². The van der Waals surface area contributed by atoms with Crippen LogP contribution in [0.4, 0.5) is 0 Å². The molecule has 0 aliphatic heterocycles. The van der Waals surface area contributed by atoms with Crippen molar-refractivity contribution in [3.05, 3.63) is 34.9 Å². The summed E-state index contributed by atoms with van der Waals surface area (Å²) in [5, 5.41) is 13.8. The molecule has 0 aromatic heterocycles. The number of aliphatic hydroxyl groups excluding tert-OH is 1. The first kappa shape index (κ1) is 15.4. The van der Waals surface area contributed by atoms with Crippen LogP contribution in [0.3, 0.4) is 0 Å². The number of ether oxygens (including phenoxy) is 1. The van der Waals surface area contributed by atoms with Crippen molar-refractivity contribution < 1.29 is 9.84 Å². The second-order valence-electron chi connectivity index (χ2n) is 4.29. The van der Waals surface area contributed by atoms with Crippen LogP contribution >= 0.6 is 11.6 Å². The van der Waals surface area contributed by atoms with E-state index in [9.17, 15) is 5.11 Å². The van der Waals surface area contributed by atoms with Crippen molar-refractivity contribution in [3.8, 4) is 0 Å². The smallest absolute Gasteiger partial charge is 0.0928 e. The second-order valence-corrected chi connectivity index (χ2v) is 4.70. The Morgan fingerprint density at radius 1 is 1.28 bits per heavy atom. The lowest BCUT2D eigenvalue weighted by Crippen LogP contribution is -2.22. The van der Waals surface area contributed by atoms with E-state index in [0.717, 1.165) is 38.0 Å². The summed E-state index contributed by atoms with van der Waals surface area (Å²) in [6.45, 7) is 2.27. The summed E-state index contributed by atoms with van der Waals surface area (Å²) in [6, 6.07) is 7.40. The molecule has 0 heterocycles. The number of hydrogen-bond acceptors (Lipinski definition) is 3. The molecule has 18 heavy (non-hydrogen) atoms. The Morgan fingerprint density at radius 2 is 2.06 bits per heavy atom. The Hall–Kier alpha value is -0.610. The number of halogens is 1. The molecule has 0 saturated carbocycles. The lowest BCUT2D eigenvalue weighted by Gasteiger charge is -2.13. The minimum Gasteiger partial charge on any atom is -0.387 e. The van der Waals surface area contributed by atoms with E-state index in [-0.39, 0.29) is 0 Å². The average Bonchev–Trinajstić information content (AvgIpc) is 2.38. The van der Waals surface area contributed by atoms with Gasteiger partial charge in [0.15, 0.2) is 0 Å². The lowest BCUT2D eigenvalue weighted by molar-refractivity contribution is 0.174. The van der Waals surface area contributed by atoms with Crippen LogP contribution < -0.4 is 5.32 Å². The third-order valence-electron chi connectivity index (χ3n) is 2.80. The van der Waals surface area contributed by atoms with Crippen LogP contribution in [-0.2, 0) is 4.74 Å². The summed E-state index contributed by atoms with van der Waals surface area (Å²) in [5.74, 6) is 0. The van der Waals surface area contributed by atoms with Crippen molar-refractivity contribution in [2.24, 2.45) is 0 Å². The third kappa shape index (κ3) is 5.83. The van der Waals surface area contributed by atoms with Gasteiger partial charge < -0.3 is 15.2 Å². The quantitative estimate of drug-likeness (QED) is 0.679. The second kappa shape index (κ2) is 9.34. The molecule has 1 rings (SSSR count). The van der Waals surface area contributed by atoms with Crippen molar-refractivity contribution in [1.82, 2.24) is 5.32 Å². The molecule has 3 nitrogen and oxygen atoms in total. The number of benzene rings is 1. The Labute approximate surface area is 114 Å². The van der Waals surface area contributed by atoms with E-state index in [2.05, 4.69) is 5.32 Å². The molecule has 1 aromatic rings. The van der Waals surface area contributed by atoms with E-state index in [1.807, 2.05) is 18.2 Å². The zero-order chi connectivity index (χ0) is 13.2. The predicted molar refractivity (Wildman–Crippen MR) is 75.0 cm³/mol. The fraction of sp³-hybridized carbons (Fsp3) is 0.571. The van der Waals surface area contributed by atoms with Gasteiger partial charge in [-0.2, -0.15) is 0 Å². The number of rotatable bonds is 9. The van der Waals surface area contributed by atoms with Gasteiger partial charge in [0.1, 0.15) is 0 Å². The number of aliphatic hydroxyl groups is 1. The van der Waals surface area contributed by atoms with E-state index >= 15 is 0 Å². The maximum atomic E-state index is 9.98. The van der Waals surface area contributed by atoms with Gasteiger partial charge in [-0.1, -0.05) is 29.8 Å². The highest BCUT2D eigenvalue weighted by atomic mass is 35.5. The van der Waals surface area contributed by atoms with E-state index in [0.29, 0.717) is 11.6 Å². The Balaban J connectivity index is 2.14. The summed E-state index contributed by atoms with van der Waals surface area (Å²) in [6.07, 6.45) is 2.78. The van der Waals surface area contributed by atoms with Crippen molar-refractivity contribution in [1.29, 1.82) is 0 Å². The normalized spacial score (nSPS) is 12.6. The van der Waals surface area contributed by atoms with Crippen LogP contribution in [0.25, 0.3) is 0 Å². The molecule has 0 spiro atoms. The van der Waals surface area contributed by atoms with Crippen molar-refractivity contribution in [2.75, 3.05) is 26.8 Å². The minimum atomic E-state index is -0.544. The maximum absolute atomic E-state index is 9.98. The lowest BCUT2D eigenvalue weighted by atomic mass is 10.1. The van der Waals surface area contributed by atoms with Crippen LogP contribution in [0.15, 0.2) is 24.3 Å². The van der Waals surface area contributed by atoms with Gasteiger partial charge in [-0.3, -0.25) is 0 Å². The standard InChI is InChI=1S/C14H22ClNO2/c1-18-10-6-2-5-9-16-11-14(17)12-7-3-4-8-13(12)15/h3-4,7-8,14,16-17H,2,5-6,9-11H2,1H3. The van der Waals surface area contributed by atoms with Gasteiger partial charge in [-0.05, 0) is 31.9 Å². The third-order valence-corrected chi connectivity index (χ3v) is 3.15. The van der Waals surface area contributed by atoms with Crippen LogP contribution in [-0.4, -0.2) is 31.9 Å².